The smallest absolute Gasteiger partial charge is 0.181 e. The van der Waals surface area contributed by atoms with Crippen molar-refractivity contribution >= 4 is 51.2 Å². The zero-order valence-electron chi connectivity index (χ0n) is 25.4. The Morgan fingerprint density at radius 3 is 2.53 bits per heavy atom. The number of aryl methyl sites for hydroxylation is 1. The second-order valence-corrected chi connectivity index (χ2v) is 13.1. The number of benzene rings is 2. The normalized spacial score (nSPS) is 16.8. The Bertz CT molecular complexity index is 1800. The molecule has 0 spiro atoms. The van der Waals surface area contributed by atoms with E-state index in [1.165, 1.54) is 24.7 Å². The number of fused-ring (bicyclic) bond motifs is 1. The summed E-state index contributed by atoms with van der Waals surface area (Å²) in [5.41, 5.74) is 10.8. The topological polar surface area (TPSA) is 117 Å². The van der Waals surface area contributed by atoms with Crippen LogP contribution in [0.1, 0.15) is 56.7 Å². The molecule has 10 nitrogen and oxygen atoms in total. The Balaban J connectivity index is 1.33. The van der Waals surface area contributed by atoms with Crippen molar-refractivity contribution in [2.75, 3.05) is 23.7 Å². The van der Waals surface area contributed by atoms with Crippen molar-refractivity contribution in [1.29, 1.82) is 5.26 Å². The highest BCUT2D eigenvalue weighted by Crippen LogP contribution is 2.38. The molecular formula is C32H34Cl2FN9O. The van der Waals surface area contributed by atoms with Gasteiger partial charge >= 0.3 is 0 Å². The van der Waals surface area contributed by atoms with Crippen molar-refractivity contribution in [3.8, 4) is 6.07 Å². The minimum Gasteiger partial charge on any atom is -0.446 e. The number of halogens is 3. The van der Waals surface area contributed by atoms with Gasteiger partial charge in [0.1, 0.15) is 17.9 Å². The maximum absolute atomic E-state index is 13.8. The molecule has 2 aliphatic heterocycles. The number of rotatable bonds is 7. The largest absolute Gasteiger partial charge is 0.446 e. The van der Waals surface area contributed by atoms with Crippen LogP contribution in [0.25, 0.3) is 10.9 Å². The predicted octanol–water partition coefficient (Wildman–Crippen LogP) is 7.17. The highest BCUT2D eigenvalue weighted by Gasteiger charge is 2.33. The van der Waals surface area contributed by atoms with Crippen LogP contribution in [0, 0.1) is 24.1 Å². The molecule has 0 aliphatic carbocycles. The lowest BCUT2D eigenvalue weighted by Gasteiger charge is -2.42. The van der Waals surface area contributed by atoms with Crippen molar-refractivity contribution in [2.45, 2.75) is 58.2 Å². The van der Waals surface area contributed by atoms with Gasteiger partial charge in [0, 0.05) is 53.8 Å². The first-order valence-corrected chi connectivity index (χ1v) is 15.4. The summed E-state index contributed by atoms with van der Waals surface area (Å²) in [6, 6.07) is 9.97. The molecule has 1 fully saturated rings. The fourth-order valence-electron chi connectivity index (χ4n) is 5.82. The fraction of sp³-hybridized carbons (Fsp3) is 0.344. The molecule has 6 rings (SSSR count). The van der Waals surface area contributed by atoms with Crippen LogP contribution in [0.2, 0.25) is 10.0 Å². The average Bonchev–Trinajstić information content (AvgIpc) is 3.67. The number of piperidine rings is 1. The van der Waals surface area contributed by atoms with Gasteiger partial charge in [-0.05, 0) is 70.9 Å². The SMILES string of the molecule is Cc1ncoc1[C@H](Nc1cc(Cl)c2ncc(C#N)c(Nc3ccc(F)c(Cl)c3)c2c1)C1=CN(C2CCN(C(C)(C)C)CC2)NN1. The fourth-order valence-corrected chi connectivity index (χ4v) is 6.27. The number of aromatic nitrogens is 2. The van der Waals surface area contributed by atoms with Crippen LogP contribution in [0.15, 0.2) is 59.2 Å². The van der Waals surface area contributed by atoms with E-state index in [2.05, 4.69) is 74.5 Å². The molecule has 45 heavy (non-hydrogen) atoms. The Hall–Kier alpha value is -4.08. The molecule has 2 aromatic heterocycles. The molecule has 2 aromatic carbocycles. The minimum absolute atomic E-state index is 0.0396. The van der Waals surface area contributed by atoms with Gasteiger partial charge in [0.15, 0.2) is 12.2 Å². The van der Waals surface area contributed by atoms with Crippen molar-refractivity contribution in [3.63, 3.8) is 0 Å². The van der Waals surface area contributed by atoms with Crippen molar-refractivity contribution < 1.29 is 8.81 Å². The Kier molecular flexibility index (Phi) is 8.50. The third-order valence-corrected chi connectivity index (χ3v) is 8.89. The summed E-state index contributed by atoms with van der Waals surface area (Å²) in [5, 5.41) is 19.7. The minimum atomic E-state index is -0.538. The lowest BCUT2D eigenvalue weighted by atomic mass is 9.98. The van der Waals surface area contributed by atoms with E-state index in [1.54, 1.807) is 12.1 Å². The Morgan fingerprint density at radius 1 is 1.11 bits per heavy atom. The van der Waals surface area contributed by atoms with E-state index in [-0.39, 0.29) is 16.1 Å². The van der Waals surface area contributed by atoms with Crippen LogP contribution in [0.4, 0.5) is 21.5 Å². The van der Waals surface area contributed by atoms with Gasteiger partial charge < -0.3 is 20.5 Å². The molecule has 4 N–H and O–H groups in total. The van der Waals surface area contributed by atoms with Gasteiger partial charge in [0.25, 0.3) is 0 Å². The van der Waals surface area contributed by atoms with Gasteiger partial charge in [-0.3, -0.25) is 14.9 Å². The number of hydrogen-bond donors (Lipinski definition) is 4. The van der Waals surface area contributed by atoms with Crippen molar-refractivity contribution in [2.24, 2.45) is 0 Å². The molecule has 0 bridgehead atoms. The first-order valence-electron chi connectivity index (χ1n) is 14.7. The standard InChI is InChI=1S/C32H34Cl2FN9O/c1-18-31(45-17-38-18)30(27-16-44(42-41-27)22-7-9-43(10-8-22)32(2,3)4)40-21-11-23-28(39-20-5-6-26(35)24(33)12-20)19(14-36)15-37-29(23)25(34)13-21/h5-6,11-13,15-17,22,30,40-42H,7-10H2,1-4H3,(H,37,39)/t30-/m1/s1. The number of anilines is 3. The Morgan fingerprint density at radius 2 is 1.87 bits per heavy atom. The zero-order chi connectivity index (χ0) is 31.9. The number of nitrogens with zero attached hydrogens (tertiary/aromatic N) is 5. The number of hydrazine groups is 2. The molecule has 1 saturated heterocycles. The van der Waals surface area contributed by atoms with E-state index >= 15 is 0 Å². The molecule has 13 heteroatoms. The quantitative estimate of drug-likeness (QED) is 0.164. The number of oxazole rings is 1. The lowest BCUT2D eigenvalue weighted by Crippen LogP contribution is -2.52. The number of hydrogen-bond acceptors (Lipinski definition) is 10. The van der Waals surface area contributed by atoms with Gasteiger partial charge in [-0.1, -0.05) is 23.2 Å². The molecule has 234 valence electrons. The maximum Gasteiger partial charge on any atom is 0.181 e. The van der Waals surface area contributed by atoms with Gasteiger partial charge in [0.2, 0.25) is 0 Å². The van der Waals surface area contributed by atoms with E-state index < -0.39 is 11.9 Å². The summed E-state index contributed by atoms with van der Waals surface area (Å²) in [4.78, 5) is 11.3. The highest BCUT2D eigenvalue weighted by atomic mass is 35.5. The molecule has 0 amide bonds. The van der Waals surface area contributed by atoms with Gasteiger partial charge in [-0.2, -0.15) is 5.26 Å². The summed E-state index contributed by atoms with van der Waals surface area (Å²) in [6.45, 7) is 10.7. The van der Waals surface area contributed by atoms with Crippen LogP contribution in [-0.4, -0.2) is 44.5 Å². The number of pyridine rings is 1. The zero-order valence-corrected chi connectivity index (χ0v) is 26.9. The first-order chi connectivity index (χ1) is 21.5. The summed E-state index contributed by atoms with van der Waals surface area (Å²) in [6.07, 6.45) is 7.00. The summed E-state index contributed by atoms with van der Waals surface area (Å²) in [5.74, 6) is 0.100. The average molecular weight is 651 g/mol. The molecule has 0 unspecified atom stereocenters. The first kappa shape index (κ1) is 30.9. The van der Waals surface area contributed by atoms with Crippen LogP contribution < -0.4 is 21.6 Å². The van der Waals surface area contributed by atoms with Crippen molar-refractivity contribution in [3.05, 3.63) is 87.7 Å². The Labute approximate surface area is 271 Å². The molecule has 0 saturated carbocycles. The molecule has 2 aliphatic rings. The third-order valence-electron chi connectivity index (χ3n) is 8.32. The summed E-state index contributed by atoms with van der Waals surface area (Å²) < 4.78 is 19.7. The molecular weight excluding hydrogens is 616 g/mol. The van der Waals surface area contributed by atoms with E-state index in [9.17, 15) is 9.65 Å². The van der Waals surface area contributed by atoms with Crippen LogP contribution in [-0.2, 0) is 0 Å². The predicted molar refractivity (Wildman–Crippen MR) is 174 cm³/mol. The van der Waals surface area contributed by atoms with Gasteiger partial charge in [0.05, 0.1) is 38.2 Å². The second-order valence-electron chi connectivity index (χ2n) is 12.3. The van der Waals surface area contributed by atoms with Gasteiger partial charge in [-0.15, -0.1) is 5.53 Å². The molecule has 1 atom stereocenters. The summed E-state index contributed by atoms with van der Waals surface area (Å²) in [7, 11) is 0. The molecule has 4 heterocycles. The number of nitriles is 1. The summed E-state index contributed by atoms with van der Waals surface area (Å²) >= 11 is 12.8. The monoisotopic (exact) mass is 649 g/mol. The van der Waals surface area contributed by atoms with E-state index in [4.69, 9.17) is 27.6 Å². The highest BCUT2D eigenvalue weighted by molar-refractivity contribution is 6.36. The lowest BCUT2D eigenvalue weighted by molar-refractivity contribution is 0.0570. The molecule has 0 radical (unpaired) electrons. The van der Waals surface area contributed by atoms with Crippen molar-refractivity contribution in [1.82, 2.24) is 30.8 Å². The van der Waals surface area contributed by atoms with Crippen LogP contribution in [0.3, 0.4) is 0 Å². The van der Waals surface area contributed by atoms with Gasteiger partial charge in [-0.25, -0.2) is 9.37 Å². The second kappa shape index (κ2) is 12.4. The van der Waals surface area contributed by atoms with E-state index in [0.717, 1.165) is 37.3 Å². The molecule has 4 aromatic rings. The number of likely N-dealkylation sites (tertiary alicyclic amines) is 1. The van der Waals surface area contributed by atoms with E-state index in [1.807, 2.05) is 13.0 Å². The third kappa shape index (κ3) is 6.37. The maximum atomic E-state index is 13.8. The van der Waals surface area contributed by atoms with Crippen LogP contribution >= 0.6 is 23.2 Å². The van der Waals surface area contributed by atoms with Crippen LogP contribution in [0.5, 0.6) is 0 Å². The van der Waals surface area contributed by atoms with E-state index in [0.29, 0.717) is 44.8 Å². The number of nitrogens with one attached hydrogen (secondary N) is 4.